The van der Waals surface area contributed by atoms with E-state index in [-0.39, 0.29) is 0 Å². The van der Waals surface area contributed by atoms with Crippen molar-refractivity contribution in [1.29, 1.82) is 5.41 Å². The van der Waals surface area contributed by atoms with Gasteiger partial charge in [0.15, 0.2) is 0 Å². The van der Waals surface area contributed by atoms with E-state index in [0.717, 1.165) is 55.3 Å². The SMILES string of the molecule is C=Cc1c(C(=N)c2cccnc2)c2cc(-c3ccc4c(-c5ccc6ccccc6c5)c5ccccc5c(-c5ccc6ccccc6c5)c4c3)ccc2n1-c1cc2ccccc2c2ccccc12. The van der Waals surface area contributed by atoms with Gasteiger partial charge in [-0.15, -0.1) is 0 Å². The second-order valence-corrected chi connectivity index (χ2v) is 17.5. The van der Waals surface area contributed by atoms with Crippen LogP contribution in [0.2, 0.25) is 0 Å². The Morgan fingerprint density at radius 1 is 0.418 bits per heavy atom. The van der Waals surface area contributed by atoms with Crippen LogP contribution in [0.25, 0.3) is 121 Å². The lowest BCUT2D eigenvalue weighted by atomic mass is 9.84. The van der Waals surface area contributed by atoms with E-state index in [1.54, 1.807) is 12.4 Å². The Labute approximate surface area is 387 Å². The second kappa shape index (κ2) is 15.4. The highest BCUT2D eigenvalue weighted by molar-refractivity contribution is 6.24. The summed E-state index contributed by atoms with van der Waals surface area (Å²) in [6.45, 7) is 4.41. The molecule has 0 aliphatic rings. The monoisotopic (exact) mass is 851 g/mol. The molecular weight excluding hydrogens is 811 g/mol. The van der Waals surface area contributed by atoms with Gasteiger partial charge in [-0.3, -0.25) is 10.4 Å². The molecule has 0 saturated heterocycles. The van der Waals surface area contributed by atoms with Crippen molar-refractivity contribution >= 4 is 87.3 Å². The van der Waals surface area contributed by atoms with Gasteiger partial charge in [0, 0.05) is 34.3 Å². The van der Waals surface area contributed by atoms with Gasteiger partial charge in [-0.2, -0.15) is 0 Å². The molecule has 312 valence electrons. The Morgan fingerprint density at radius 3 is 1.58 bits per heavy atom. The number of nitrogens with zero attached hydrogens (tertiary/aromatic N) is 2. The van der Waals surface area contributed by atoms with Crippen LogP contribution in [-0.2, 0) is 0 Å². The van der Waals surface area contributed by atoms with Crippen LogP contribution in [0.4, 0.5) is 0 Å². The zero-order valence-electron chi connectivity index (χ0n) is 36.5. The molecule has 0 bridgehead atoms. The predicted molar refractivity (Wildman–Crippen MR) is 285 cm³/mol. The fourth-order valence-electron chi connectivity index (χ4n) is 10.8. The number of hydrogen-bond donors (Lipinski definition) is 1. The minimum absolute atomic E-state index is 0.401. The molecule has 0 saturated carbocycles. The van der Waals surface area contributed by atoms with Gasteiger partial charge in [-0.1, -0.05) is 170 Å². The number of hydrogen-bond acceptors (Lipinski definition) is 2. The van der Waals surface area contributed by atoms with Gasteiger partial charge in [0.05, 0.1) is 22.6 Å². The van der Waals surface area contributed by atoms with Crippen LogP contribution in [-0.4, -0.2) is 15.3 Å². The van der Waals surface area contributed by atoms with Crippen LogP contribution in [0.3, 0.4) is 0 Å². The average Bonchev–Trinajstić information content (AvgIpc) is 3.73. The zero-order chi connectivity index (χ0) is 44.6. The molecule has 0 spiro atoms. The first-order chi connectivity index (χ1) is 33.1. The van der Waals surface area contributed by atoms with Crippen molar-refractivity contribution in [3.63, 3.8) is 0 Å². The van der Waals surface area contributed by atoms with Crippen LogP contribution in [0, 0.1) is 5.41 Å². The minimum atomic E-state index is 0.401. The summed E-state index contributed by atoms with van der Waals surface area (Å²) < 4.78 is 2.31. The van der Waals surface area contributed by atoms with Gasteiger partial charge in [-0.25, -0.2) is 0 Å². The van der Waals surface area contributed by atoms with Crippen molar-refractivity contribution in [3.05, 3.63) is 248 Å². The first kappa shape index (κ1) is 38.5. The standard InChI is InChI=1S/C64H41N3/c1-2-58-63(64(65)49-19-13-33-66-39-49)57-37-45(30-32-59(57)67(58)60-38-46-18-7-8-20-50(46)51-21-9-10-22-52(51)60)44-29-31-55-56(36-44)62(48-28-26-41-15-4-6-17-43(41)35-48)54-24-12-11-23-53(54)61(55)47-27-25-40-14-3-5-16-42(40)34-47/h2-39,65H,1H2. The third kappa shape index (κ3) is 6.13. The molecule has 0 amide bonds. The number of aromatic nitrogens is 2. The first-order valence-corrected chi connectivity index (χ1v) is 22.8. The molecule has 67 heavy (non-hydrogen) atoms. The Morgan fingerprint density at radius 2 is 0.940 bits per heavy atom. The third-order valence-electron chi connectivity index (χ3n) is 13.8. The molecule has 0 unspecified atom stereocenters. The van der Waals surface area contributed by atoms with Gasteiger partial charge in [0.25, 0.3) is 0 Å². The van der Waals surface area contributed by atoms with Crippen molar-refractivity contribution in [3.8, 4) is 39.1 Å². The van der Waals surface area contributed by atoms with Gasteiger partial charge >= 0.3 is 0 Å². The summed E-state index contributed by atoms with van der Waals surface area (Å²) in [7, 11) is 0. The lowest BCUT2D eigenvalue weighted by molar-refractivity contribution is 1.12. The predicted octanol–water partition coefficient (Wildman–Crippen LogP) is 17.0. The molecule has 0 aliphatic carbocycles. The smallest absolute Gasteiger partial charge is 0.0727 e. The molecule has 13 aromatic rings. The minimum Gasteiger partial charge on any atom is -0.309 e. The van der Waals surface area contributed by atoms with Crippen molar-refractivity contribution in [1.82, 2.24) is 9.55 Å². The van der Waals surface area contributed by atoms with E-state index in [2.05, 4.69) is 216 Å². The maximum absolute atomic E-state index is 9.86. The van der Waals surface area contributed by atoms with Crippen LogP contribution in [0.15, 0.2) is 231 Å². The highest BCUT2D eigenvalue weighted by atomic mass is 15.0. The van der Waals surface area contributed by atoms with Gasteiger partial charge in [-0.05, 0) is 147 Å². The van der Waals surface area contributed by atoms with Crippen molar-refractivity contribution < 1.29 is 0 Å². The van der Waals surface area contributed by atoms with E-state index in [4.69, 9.17) is 0 Å². The summed E-state index contributed by atoms with van der Waals surface area (Å²) in [6, 6.07) is 77.0. The van der Waals surface area contributed by atoms with Crippen molar-refractivity contribution in [2.24, 2.45) is 0 Å². The van der Waals surface area contributed by atoms with E-state index in [1.165, 1.54) is 76.1 Å². The van der Waals surface area contributed by atoms with E-state index in [0.29, 0.717) is 5.71 Å². The zero-order valence-corrected chi connectivity index (χ0v) is 36.5. The fraction of sp³-hybridized carbons (Fsp3) is 0. The summed E-state index contributed by atoms with van der Waals surface area (Å²) in [5.74, 6) is 0. The van der Waals surface area contributed by atoms with Crippen molar-refractivity contribution in [2.45, 2.75) is 0 Å². The van der Waals surface area contributed by atoms with E-state index >= 15 is 0 Å². The normalized spacial score (nSPS) is 11.7. The lowest BCUT2D eigenvalue weighted by Crippen LogP contribution is -2.05. The van der Waals surface area contributed by atoms with Gasteiger partial charge in [0.1, 0.15) is 0 Å². The summed E-state index contributed by atoms with van der Waals surface area (Å²) in [4.78, 5) is 4.44. The van der Waals surface area contributed by atoms with Gasteiger partial charge < -0.3 is 4.57 Å². The largest absolute Gasteiger partial charge is 0.309 e. The topological polar surface area (TPSA) is 41.7 Å². The van der Waals surface area contributed by atoms with E-state index < -0.39 is 0 Å². The number of fused-ring (bicyclic) bond motifs is 8. The second-order valence-electron chi connectivity index (χ2n) is 17.5. The summed E-state index contributed by atoms with van der Waals surface area (Å²) in [6.07, 6.45) is 5.45. The van der Waals surface area contributed by atoms with Crippen LogP contribution in [0.5, 0.6) is 0 Å². The molecule has 0 aliphatic heterocycles. The number of nitrogens with one attached hydrogen (secondary N) is 1. The van der Waals surface area contributed by atoms with Crippen LogP contribution in [0.1, 0.15) is 16.8 Å². The Kier molecular flexibility index (Phi) is 8.84. The maximum Gasteiger partial charge on any atom is 0.0727 e. The van der Waals surface area contributed by atoms with E-state index in [9.17, 15) is 5.41 Å². The highest BCUT2D eigenvalue weighted by Crippen LogP contribution is 2.47. The molecule has 2 heterocycles. The molecule has 13 rings (SSSR count). The molecule has 2 aromatic heterocycles. The first-order valence-electron chi connectivity index (χ1n) is 22.8. The maximum atomic E-state index is 9.86. The molecule has 11 aromatic carbocycles. The molecule has 1 N–H and O–H groups in total. The van der Waals surface area contributed by atoms with Crippen LogP contribution < -0.4 is 0 Å². The quantitative estimate of drug-likeness (QED) is 0.0969. The summed E-state index contributed by atoms with van der Waals surface area (Å²) >= 11 is 0. The molecule has 0 radical (unpaired) electrons. The third-order valence-corrected chi connectivity index (χ3v) is 13.8. The van der Waals surface area contributed by atoms with Crippen molar-refractivity contribution in [2.75, 3.05) is 0 Å². The summed E-state index contributed by atoms with van der Waals surface area (Å²) in [5, 5.41) is 25.2. The average molecular weight is 852 g/mol. The molecule has 3 nitrogen and oxygen atoms in total. The van der Waals surface area contributed by atoms with E-state index in [1.807, 2.05) is 18.2 Å². The Balaban J connectivity index is 1.10. The molecule has 0 fully saturated rings. The van der Waals surface area contributed by atoms with Gasteiger partial charge in [0.2, 0.25) is 0 Å². The number of pyridine rings is 1. The highest BCUT2D eigenvalue weighted by Gasteiger charge is 2.24. The number of rotatable bonds is 7. The Bertz CT molecular complexity index is 4190. The lowest BCUT2D eigenvalue weighted by Gasteiger charge is -2.19. The molecular formula is C64H41N3. The number of benzene rings is 11. The molecule has 3 heteroatoms. The molecule has 0 atom stereocenters. The fourth-order valence-corrected chi connectivity index (χ4v) is 10.8. The van der Waals surface area contributed by atoms with Crippen LogP contribution >= 0.6 is 0 Å². The summed E-state index contributed by atoms with van der Waals surface area (Å²) in [5.41, 5.74) is 11.9. The Hall–Kier alpha value is -8.92.